The largest absolute Gasteiger partial charge is 0.382 e. The Bertz CT molecular complexity index is 358. The molecule has 0 aliphatic heterocycles. The van der Waals surface area contributed by atoms with Gasteiger partial charge in [0.1, 0.15) is 0 Å². The van der Waals surface area contributed by atoms with E-state index in [-0.39, 0.29) is 0 Å². The van der Waals surface area contributed by atoms with Crippen LogP contribution in [0.1, 0.15) is 38.7 Å². The molecule has 2 heteroatoms. The maximum atomic E-state index is 3.73. The number of rotatable bonds is 2. The fourth-order valence-electron chi connectivity index (χ4n) is 2.98. The minimum absolute atomic E-state index is 0.623. The van der Waals surface area contributed by atoms with Crippen molar-refractivity contribution in [2.75, 3.05) is 5.32 Å². The lowest BCUT2D eigenvalue weighted by molar-refractivity contribution is 0.268. The van der Waals surface area contributed by atoms with Crippen LogP contribution >= 0.6 is 15.9 Å². The molecule has 0 heterocycles. The number of anilines is 1. The molecule has 1 saturated carbocycles. The molecule has 2 rings (SSSR count). The first-order valence-corrected chi connectivity index (χ1v) is 7.39. The van der Waals surface area contributed by atoms with Crippen molar-refractivity contribution in [1.82, 2.24) is 0 Å². The van der Waals surface area contributed by atoms with Crippen molar-refractivity contribution >= 4 is 21.6 Å². The maximum Gasteiger partial charge on any atom is 0.0356 e. The van der Waals surface area contributed by atoms with Crippen LogP contribution in [0, 0.1) is 18.8 Å². The molecule has 2 unspecified atom stereocenters. The van der Waals surface area contributed by atoms with E-state index >= 15 is 0 Å². The average Bonchev–Trinajstić information content (AvgIpc) is 2.22. The van der Waals surface area contributed by atoms with Crippen molar-refractivity contribution in [3.05, 3.63) is 28.2 Å². The van der Waals surface area contributed by atoms with E-state index in [2.05, 4.69) is 60.2 Å². The third-order valence-corrected chi connectivity index (χ3v) is 4.38. The Kier molecular flexibility index (Phi) is 4.13. The van der Waals surface area contributed by atoms with Gasteiger partial charge in [0.15, 0.2) is 0 Å². The number of halogens is 1. The molecule has 0 amide bonds. The summed E-state index contributed by atoms with van der Waals surface area (Å²) in [5.41, 5.74) is 2.56. The Morgan fingerprint density at radius 3 is 2.35 bits per heavy atom. The fraction of sp³-hybridized carbons (Fsp3) is 0.600. The summed E-state index contributed by atoms with van der Waals surface area (Å²) < 4.78 is 1.16. The van der Waals surface area contributed by atoms with Crippen molar-refractivity contribution in [3.63, 3.8) is 0 Å². The molecule has 1 fully saturated rings. The summed E-state index contributed by atoms with van der Waals surface area (Å²) >= 11 is 3.57. The smallest absolute Gasteiger partial charge is 0.0356 e. The molecule has 17 heavy (non-hydrogen) atoms. The van der Waals surface area contributed by atoms with Crippen LogP contribution in [0.5, 0.6) is 0 Å². The van der Waals surface area contributed by atoms with E-state index in [1.807, 2.05) is 0 Å². The van der Waals surface area contributed by atoms with Crippen molar-refractivity contribution in [2.45, 2.75) is 46.1 Å². The second kappa shape index (κ2) is 5.43. The zero-order chi connectivity index (χ0) is 12.4. The number of aryl methyl sites for hydroxylation is 1. The molecule has 1 nitrogen and oxygen atoms in total. The molecule has 0 spiro atoms. The van der Waals surface area contributed by atoms with Crippen LogP contribution < -0.4 is 5.32 Å². The average molecular weight is 296 g/mol. The molecular formula is C15H22BrN. The summed E-state index contributed by atoms with van der Waals surface area (Å²) in [4.78, 5) is 0. The van der Waals surface area contributed by atoms with Crippen LogP contribution in [0.4, 0.5) is 5.69 Å². The third kappa shape index (κ3) is 3.25. The van der Waals surface area contributed by atoms with Crippen LogP contribution in [0.3, 0.4) is 0 Å². The lowest BCUT2D eigenvalue weighted by Crippen LogP contribution is -2.37. The number of benzene rings is 1. The minimum atomic E-state index is 0.623. The predicted octanol–water partition coefficient (Wildman–Crippen LogP) is 4.99. The zero-order valence-electron chi connectivity index (χ0n) is 11.0. The van der Waals surface area contributed by atoms with Gasteiger partial charge in [-0.25, -0.2) is 0 Å². The highest BCUT2D eigenvalue weighted by molar-refractivity contribution is 9.10. The predicted molar refractivity (Wildman–Crippen MR) is 78.5 cm³/mol. The second-order valence-corrected chi connectivity index (χ2v) is 6.49. The van der Waals surface area contributed by atoms with Gasteiger partial charge in [0, 0.05) is 16.2 Å². The van der Waals surface area contributed by atoms with Gasteiger partial charge in [0.25, 0.3) is 0 Å². The molecule has 1 aliphatic rings. The van der Waals surface area contributed by atoms with Gasteiger partial charge in [-0.05, 0) is 55.4 Å². The zero-order valence-corrected chi connectivity index (χ0v) is 12.5. The first-order valence-electron chi connectivity index (χ1n) is 6.60. The quantitative estimate of drug-likeness (QED) is 0.810. The van der Waals surface area contributed by atoms with Crippen molar-refractivity contribution in [3.8, 4) is 0 Å². The highest BCUT2D eigenvalue weighted by Crippen LogP contribution is 2.32. The molecule has 1 N–H and O–H groups in total. The molecule has 1 aromatic rings. The fourth-order valence-corrected chi connectivity index (χ4v) is 3.59. The van der Waals surface area contributed by atoms with Crippen molar-refractivity contribution in [2.24, 2.45) is 11.8 Å². The van der Waals surface area contributed by atoms with Crippen LogP contribution in [0.2, 0.25) is 0 Å². The highest BCUT2D eigenvalue weighted by atomic mass is 79.9. The standard InChI is InChI=1S/C15H22BrN/c1-10-7-13(16)9-14(8-10)17-15-11(2)5-4-6-12(15)3/h7-9,11-12,15,17H,4-6H2,1-3H3. The topological polar surface area (TPSA) is 12.0 Å². The maximum absolute atomic E-state index is 3.73. The van der Waals surface area contributed by atoms with Crippen LogP contribution in [0.25, 0.3) is 0 Å². The molecule has 2 atom stereocenters. The molecular weight excluding hydrogens is 274 g/mol. The molecule has 0 saturated heterocycles. The van der Waals surface area contributed by atoms with E-state index < -0.39 is 0 Å². The molecule has 0 aromatic heterocycles. The molecule has 1 aromatic carbocycles. The molecule has 0 bridgehead atoms. The van der Waals surface area contributed by atoms with Gasteiger partial charge >= 0.3 is 0 Å². The van der Waals surface area contributed by atoms with Crippen LogP contribution in [-0.2, 0) is 0 Å². The first-order chi connectivity index (χ1) is 8.06. The first kappa shape index (κ1) is 12.9. The van der Waals surface area contributed by atoms with Crippen molar-refractivity contribution in [1.29, 1.82) is 0 Å². The Balaban J connectivity index is 2.13. The van der Waals surface area contributed by atoms with Gasteiger partial charge in [-0.2, -0.15) is 0 Å². The van der Waals surface area contributed by atoms with Gasteiger partial charge < -0.3 is 5.32 Å². The third-order valence-electron chi connectivity index (χ3n) is 3.92. The number of nitrogens with one attached hydrogen (secondary N) is 1. The minimum Gasteiger partial charge on any atom is -0.382 e. The summed E-state index contributed by atoms with van der Waals surface area (Å²) in [5, 5.41) is 3.73. The van der Waals surface area contributed by atoms with E-state index in [0.29, 0.717) is 6.04 Å². The van der Waals surface area contributed by atoms with Gasteiger partial charge in [-0.1, -0.05) is 36.2 Å². The molecule has 94 valence electrons. The van der Waals surface area contributed by atoms with E-state index in [0.717, 1.165) is 16.3 Å². The summed E-state index contributed by atoms with van der Waals surface area (Å²) in [6.45, 7) is 6.89. The van der Waals surface area contributed by atoms with Crippen molar-refractivity contribution < 1.29 is 0 Å². The van der Waals surface area contributed by atoms with E-state index in [1.54, 1.807) is 0 Å². The van der Waals surface area contributed by atoms with Crippen LogP contribution in [-0.4, -0.2) is 6.04 Å². The van der Waals surface area contributed by atoms with Crippen LogP contribution in [0.15, 0.2) is 22.7 Å². The lowest BCUT2D eigenvalue weighted by atomic mass is 9.78. The van der Waals surface area contributed by atoms with Gasteiger partial charge in [0.05, 0.1) is 0 Å². The Morgan fingerprint density at radius 1 is 1.12 bits per heavy atom. The second-order valence-electron chi connectivity index (χ2n) is 5.57. The molecule has 1 aliphatic carbocycles. The van der Waals surface area contributed by atoms with Gasteiger partial charge in [-0.3, -0.25) is 0 Å². The van der Waals surface area contributed by atoms with E-state index in [4.69, 9.17) is 0 Å². The summed E-state index contributed by atoms with van der Waals surface area (Å²) in [6.07, 6.45) is 4.10. The lowest BCUT2D eigenvalue weighted by Gasteiger charge is -2.36. The van der Waals surface area contributed by atoms with E-state index in [1.165, 1.54) is 30.5 Å². The van der Waals surface area contributed by atoms with E-state index in [9.17, 15) is 0 Å². The van der Waals surface area contributed by atoms with Gasteiger partial charge in [-0.15, -0.1) is 0 Å². The normalized spacial score (nSPS) is 29.1. The SMILES string of the molecule is Cc1cc(Br)cc(NC2C(C)CCCC2C)c1. The molecule has 0 radical (unpaired) electrons. The highest BCUT2D eigenvalue weighted by Gasteiger charge is 2.27. The monoisotopic (exact) mass is 295 g/mol. The Labute approximate surface area is 113 Å². The Morgan fingerprint density at radius 2 is 1.76 bits per heavy atom. The summed E-state index contributed by atoms with van der Waals surface area (Å²) in [7, 11) is 0. The van der Waals surface area contributed by atoms with Gasteiger partial charge in [0.2, 0.25) is 0 Å². The summed E-state index contributed by atoms with van der Waals surface area (Å²) in [6, 6.07) is 7.19. The number of hydrogen-bond acceptors (Lipinski definition) is 1. The number of hydrogen-bond donors (Lipinski definition) is 1. The Hall–Kier alpha value is -0.500. The summed E-state index contributed by atoms with van der Waals surface area (Å²) in [5.74, 6) is 1.55.